The Labute approximate surface area is 158 Å². The zero-order valence-electron chi connectivity index (χ0n) is 15.8. The molecule has 1 heterocycles. The van der Waals surface area contributed by atoms with Crippen molar-refractivity contribution in [1.29, 1.82) is 0 Å². The zero-order valence-corrected chi connectivity index (χ0v) is 15.8. The number of aryl methyl sites for hydroxylation is 2. The lowest BCUT2D eigenvalue weighted by Gasteiger charge is -2.06. The van der Waals surface area contributed by atoms with Crippen molar-refractivity contribution in [2.45, 2.75) is 33.6 Å². The molecule has 0 saturated heterocycles. The van der Waals surface area contributed by atoms with Gasteiger partial charge in [-0.25, -0.2) is 0 Å². The second-order valence-electron chi connectivity index (χ2n) is 6.41. The summed E-state index contributed by atoms with van der Waals surface area (Å²) in [4.78, 5) is 12.4. The van der Waals surface area contributed by atoms with Crippen LogP contribution in [0.15, 0.2) is 46.9 Å². The predicted molar refractivity (Wildman–Crippen MR) is 104 cm³/mol. The molecule has 1 amide bonds. The topological polar surface area (TPSA) is 77.2 Å². The lowest BCUT2D eigenvalue weighted by atomic mass is 10.1. The molecule has 1 N–H and O–H groups in total. The summed E-state index contributed by atoms with van der Waals surface area (Å²) in [6, 6.07) is 13.0. The van der Waals surface area contributed by atoms with Crippen LogP contribution in [0.4, 0.5) is 6.01 Å². The number of benzene rings is 2. The second kappa shape index (κ2) is 8.49. The molecule has 140 valence electrons. The van der Waals surface area contributed by atoms with E-state index in [1.807, 2.05) is 32.0 Å². The molecule has 0 aliphatic rings. The number of rotatable bonds is 7. The van der Waals surface area contributed by atoms with E-state index in [-0.39, 0.29) is 11.9 Å². The monoisotopic (exact) mass is 365 g/mol. The number of amides is 1. The van der Waals surface area contributed by atoms with Crippen molar-refractivity contribution >= 4 is 11.9 Å². The molecule has 0 spiro atoms. The average Bonchev–Trinajstić information content (AvgIpc) is 3.10. The van der Waals surface area contributed by atoms with E-state index >= 15 is 0 Å². The second-order valence-corrected chi connectivity index (χ2v) is 6.41. The van der Waals surface area contributed by atoms with Gasteiger partial charge in [0.1, 0.15) is 5.75 Å². The maximum Gasteiger partial charge on any atom is 0.322 e. The van der Waals surface area contributed by atoms with Gasteiger partial charge in [-0.2, -0.15) is 0 Å². The third kappa shape index (κ3) is 4.73. The Balaban J connectivity index is 1.65. The van der Waals surface area contributed by atoms with Gasteiger partial charge < -0.3 is 9.15 Å². The van der Waals surface area contributed by atoms with Gasteiger partial charge in [-0.3, -0.25) is 10.1 Å². The van der Waals surface area contributed by atoms with Gasteiger partial charge in [0.15, 0.2) is 0 Å². The van der Waals surface area contributed by atoms with Crippen molar-refractivity contribution in [2.24, 2.45) is 0 Å². The van der Waals surface area contributed by atoms with Crippen molar-refractivity contribution in [3.05, 3.63) is 59.2 Å². The number of unbranched alkanes of at least 4 members (excludes halogenated alkanes) is 1. The van der Waals surface area contributed by atoms with Crippen LogP contribution in [0.1, 0.15) is 41.3 Å². The molecule has 2 aromatic carbocycles. The quantitative estimate of drug-likeness (QED) is 0.609. The highest BCUT2D eigenvalue weighted by molar-refractivity contribution is 6.03. The molecule has 0 fully saturated rings. The summed E-state index contributed by atoms with van der Waals surface area (Å²) in [5, 5.41) is 10.6. The number of ether oxygens (including phenoxy) is 1. The maximum absolute atomic E-state index is 12.4. The van der Waals surface area contributed by atoms with E-state index in [9.17, 15) is 4.79 Å². The SMILES string of the molecule is CCCCOc1ccc(C(=O)Nc2nnc(-c3ccc(C)cc3C)o2)cc1. The van der Waals surface area contributed by atoms with E-state index in [1.165, 1.54) is 0 Å². The highest BCUT2D eigenvalue weighted by Gasteiger charge is 2.14. The first kappa shape index (κ1) is 18.6. The van der Waals surface area contributed by atoms with Crippen LogP contribution >= 0.6 is 0 Å². The summed E-state index contributed by atoms with van der Waals surface area (Å²) in [6.45, 7) is 6.79. The molecule has 0 saturated carbocycles. The third-order valence-corrected chi connectivity index (χ3v) is 4.14. The number of aromatic nitrogens is 2. The first-order valence-corrected chi connectivity index (χ1v) is 9.02. The fraction of sp³-hybridized carbons (Fsp3) is 0.286. The van der Waals surface area contributed by atoms with E-state index in [0.717, 1.165) is 35.3 Å². The van der Waals surface area contributed by atoms with Crippen LogP contribution in [0, 0.1) is 13.8 Å². The Morgan fingerprint density at radius 3 is 2.59 bits per heavy atom. The van der Waals surface area contributed by atoms with Crippen LogP contribution < -0.4 is 10.1 Å². The van der Waals surface area contributed by atoms with Crippen LogP contribution in [0.25, 0.3) is 11.5 Å². The summed E-state index contributed by atoms with van der Waals surface area (Å²) in [5.41, 5.74) is 3.54. The fourth-order valence-electron chi connectivity index (χ4n) is 2.64. The summed E-state index contributed by atoms with van der Waals surface area (Å²) in [7, 11) is 0. The van der Waals surface area contributed by atoms with Gasteiger partial charge in [-0.15, -0.1) is 5.10 Å². The Bertz CT molecular complexity index is 917. The van der Waals surface area contributed by atoms with E-state index in [2.05, 4.69) is 22.4 Å². The minimum Gasteiger partial charge on any atom is -0.494 e. The normalized spacial score (nSPS) is 10.6. The van der Waals surface area contributed by atoms with Crippen LogP contribution in [0.5, 0.6) is 5.75 Å². The number of hydrogen-bond acceptors (Lipinski definition) is 5. The first-order chi connectivity index (χ1) is 13.1. The molecule has 0 atom stereocenters. The van der Waals surface area contributed by atoms with Crippen molar-refractivity contribution in [2.75, 3.05) is 11.9 Å². The lowest BCUT2D eigenvalue weighted by molar-refractivity contribution is 0.102. The van der Waals surface area contributed by atoms with Gasteiger partial charge in [0.25, 0.3) is 5.91 Å². The Hall–Kier alpha value is -3.15. The van der Waals surface area contributed by atoms with Crippen LogP contribution in [0.3, 0.4) is 0 Å². The van der Waals surface area contributed by atoms with Gasteiger partial charge in [0, 0.05) is 11.1 Å². The highest BCUT2D eigenvalue weighted by Crippen LogP contribution is 2.24. The minimum atomic E-state index is -0.314. The third-order valence-electron chi connectivity index (χ3n) is 4.14. The summed E-state index contributed by atoms with van der Waals surface area (Å²) < 4.78 is 11.2. The van der Waals surface area contributed by atoms with E-state index in [0.29, 0.717) is 18.1 Å². The fourth-order valence-corrected chi connectivity index (χ4v) is 2.64. The van der Waals surface area contributed by atoms with Crippen LogP contribution in [-0.4, -0.2) is 22.7 Å². The number of carbonyl (C=O) groups excluding carboxylic acids is 1. The van der Waals surface area contributed by atoms with Gasteiger partial charge in [0.05, 0.1) is 6.61 Å². The van der Waals surface area contributed by atoms with Crippen molar-refractivity contribution in [3.63, 3.8) is 0 Å². The molecule has 27 heavy (non-hydrogen) atoms. The Morgan fingerprint density at radius 2 is 1.89 bits per heavy atom. The molecule has 1 aromatic heterocycles. The number of anilines is 1. The van der Waals surface area contributed by atoms with Crippen LogP contribution in [0.2, 0.25) is 0 Å². The summed E-state index contributed by atoms with van der Waals surface area (Å²) in [5.74, 6) is 0.809. The molecule has 0 aliphatic carbocycles. The van der Waals surface area contributed by atoms with Gasteiger partial charge in [-0.1, -0.05) is 36.1 Å². The molecule has 6 nitrogen and oxygen atoms in total. The van der Waals surface area contributed by atoms with E-state index in [4.69, 9.17) is 9.15 Å². The average molecular weight is 365 g/mol. The van der Waals surface area contributed by atoms with Crippen molar-refractivity contribution in [1.82, 2.24) is 10.2 Å². The number of nitrogens with one attached hydrogen (secondary N) is 1. The molecule has 3 aromatic rings. The number of carbonyl (C=O) groups is 1. The zero-order chi connectivity index (χ0) is 19.2. The summed E-state index contributed by atoms with van der Waals surface area (Å²) >= 11 is 0. The molecular formula is C21H23N3O3. The van der Waals surface area contributed by atoms with Gasteiger partial charge in [0.2, 0.25) is 5.89 Å². The van der Waals surface area contributed by atoms with E-state index in [1.54, 1.807) is 24.3 Å². The molecule has 3 rings (SSSR count). The predicted octanol–water partition coefficient (Wildman–Crippen LogP) is 4.78. The maximum atomic E-state index is 12.4. The number of hydrogen-bond donors (Lipinski definition) is 1. The van der Waals surface area contributed by atoms with Crippen molar-refractivity contribution < 1.29 is 13.9 Å². The molecule has 0 radical (unpaired) electrons. The highest BCUT2D eigenvalue weighted by atomic mass is 16.5. The smallest absolute Gasteiger partial charge is 0.322 e. The molecule has 0 bridgehead atoms. The largest absolute Gasteiger partial charge is 0.494 e. The molecule has 0 unspecified atom stereocenters. The van der Waals surface area contributed by atoms with E-state index < -0.39 is 0 Å². The van der Waals surface area contributed by atoms with Crippen LogP contribution in [-0.2, 0) is 0 Å². The first-order valence-electron chi connectivity index (χ1n) is 9.02. The molecule has 0 aliphatic heterocycles. The van der Waals surface area contributed by atoms with Gasteiger partial charge in [-0.05, 0) is 56.2 Å². The molecule has 6 heteroatoms. The molecular weight excluding hydrogens is 342 g/mol. The Morgan fingerprint density at radius 1 is 1.11 bits per heavy atom. The standard InChI is InChI=1S/C21H23N3O3/c1-4-5-12-26-17-9-7-16(8-10-17)19(25)22-21-24-23-20(27-21)18-11-6-14(2)13-15(18)3/h6-11,13H,4-5,12H2,1-3H3,(H,22,24,25). The Kier molecular flexibility index (Phi) is 5.86. The minimum absolute atomic E-state index is 0.0678. The van der Waals surface area contributed by atoms with Gasteiger partial charge >= 0.3 is 6.01 Å². The van der Waals surface area contributed by atoms with Crippen molar-refractivity contribution in [3.8, 4) is 17.2 Å². The lowest BCUT2D eigenvalue weighted by Crippen LogP contribution is -2.12. The summed E-state index contributed by atoms with van der Waals surface area (Å²) in [6.07, 6.45) is 2.08. The number of nitrogens with zero attached hydrogens (tertiary/aromatic N) is 2.